The van der Waals surface area contributed by atoms with Gasteiger partial charge in [-0.1, -0.05) is 51.8 Å². The fourth-order valence-corrected chi connectivity index (χ4v) is 6.14. The van der Waals surface area contributed by atoms with Crippen LogP contribution in [-0.2, 0) is 16.1 Å². The molecular formula is C31H24Br2N4O5S. The molecule has 9 nitrogen and oxygen atoms in total. The molecule has 4 aromatic rings. The van der Waals surface area contributed by atoms with E-state index in [0.29, 0.717) is 42.9 Å². The topological polar surface area (TPSA) is 117 Å². The van der Waals surface area contributed by atoms with Crippen LogP contribution in [0.3, 0.4) is 0 Å². The van der Waals surface area contributed by atoms with Crippen molar-refractivity contribution in [3.05, 3.63) is 115 Å². The number of nitrogens with zero attached hydrogens (tertiary/aromatic N) is 3. The second-order valence-corrected chi connectivity index (χ2v) is 12.1. The van der Waals surface area contributed by atoms with E-state index in [-0.39, 0.29) is 30.7 Å². The Kier molecular flexibility index (Phi) is 9.80. The maximum Gasteiger partial charge on any atom is 0.267 e. The van der Waals surface area contributed by atoms with Gasteiger partial charge in [0.25, 0.3) is 11.8 Å². The van der Waals surface area contributed by atoms with E-state index >= 15 is 0 Å². The number of aryl methyl sites for hydroxylation is 1. The van der Waals surface area contributed by atoms with Crippen LogP contribution in [-0.4, -0.2) is 39.8 Å². The Bertz CT molecular complexity index is 1740. The lowest BCUT2D eigenvalue weighted by molar-refractivity contribution is -0.122. The Morgan fingerprint density at radius 3 is 2.65 bits per heavy atom. The number of nitrogens with one attached hydrogen (secondary N) is 1. The molecule has 0 saturated carbocycles. The van der Waals surface area contributed by atoms with Crippen LogP contribution in [0.4, 0.5) is 5.69 Å². The van der Waals surface area contributed by atoms with Gasteiger partial charge in [0.1, 0.15) is 17.3 Å². The molecular weight excluding hydrogens is 700 g/mol. The van der Waals surface area contributed by atoms with Crippen molar-refractivity contribution in [3.63, 3.8) is 0 Å². The van der Waals surface area contributed by atoms with Gasteiger partial charge in [0.05, 0.1) is 28.4 Å². The number of hydrogen-bond acceptors (Lipinski definition) is 8. The van der Waals surface area contributed by atoms with Crippen LogP contribution >= 0.6 is 43.6 Å². The van der Waals surface area contributed by atoms with Gasteiger partial charge in [0.2, 0.25) is 0 Å². The molecule has 43 heavy (non-hydrogen) atoms. The molecule has 2 N–H and O–H groups in total. The molecule has 1 fully saturated rings. The van der Waals surface area contributed by atoms with Gasteiger partial charge >= 0.3 is 0 Å². The molecule has 5 rings (SSSR count). The smallest absolute Gasteiger partial charge is 0.267 e. The van der Waals surface area contributed by atoms with Crippen LogP contribution < -0.4 is 10.1 Å². The van der Waals surface area contributed by atoms with Crippen LogP contribution in [0.2, 0.25) is 0 Å². The number of ether oxygens (including phenoxy) is 1. The first-order valence-electron chi connectivity index (χ1n) is 12.9. The lowest BCUT2D eigenvalue weighted by Gasteiger charge is -2.12. The van der Waals surface area contributed by atoms with Gasteiger partial charge in [0, 0.05) is 21.3 Å². The highest BCUT2D eigenvalue weighted by Gasteiger charge is 2.34. The maximum atomic E-state index is 13.5. The van der Waals surface area contributed by atoms with Crippen molar-refractivity contribution in [2.75, 3.05) is 11.9 Å². The Balaban J connectivity index is 1.36. The molecule has 0 radical (unpaired) electrons. The number of aromatic hydroxyl groups is 1. The zero-order valence-corrected chi connectivity index (χ0v) is 26.6. The molecule has 0 bridgehead atoms. The number of anilines is 1. The molecule has 1 saturated heterocycles. The fraction of sp³-hybridized carbons (Fsp3) is 0.0968. The van der Waals surface area contributed by atoms with Gasteiger partial charge in [-0.3, -0.25) is 14.5 Å². The summed E-state index contributed by atoms with van der Waals surface area (Å²) in [6.07, 6.45) is 4.63. The number of carbonyl (C=O) groups is 2. The SMILES string of the molecule is Cc1ccc(NC(=O)COc2ccccc2/C=C2\S/C(=N\N=C\c3cc(Br)cc(Br)c3O)N(Cc3ccco3)C2=O)cc1. The third kappa shape index (κ3) is 7.83. The highest BCUT2D eigenvalue weighted by molar-refractivity contribution is 9.11. The van der Waals surface area contributed by atoms with E-state index in [0.717, 1.165) is 21.8 Å². The monoisotopic (exact) mass is 722 g/mol. The Morgan fingerprint density at radius 2 is 1.88 bits per heavy atom. The van der Waals surface area contributed by atoms with Gasteiger partial charge < -0.3 is 19.6 Å². The minimum Gasteiger partial charge on any atom is -0.506 e. The van der Waals surface area contributed by atoms with Gasteiger partial charge in [-0.15, -0.1) is 5.10 Å². The number of hydrogen-bond donors (Lipinski definition) is 2. The number of furan rings is 1. The zero-order chi connectivity index (χ0) is 30.3. The minimum atomic E-state index is -0.307. The lowest BCUT2D eigenvalue weighted by atomic mass is 10.2. The molecule has 0 atom stereocenters. The molecule has 1 aromatic heterocycles. The summed E-state index contributed by atoms with van der Waals surface area (Å²) in [6.45, 7) is 1.91. The van der Waals surface area contributed by atoms with E-state index in [1.807, 2.05) is 37.3 Å². The quantitative estimate of drug-likeness (QED) is 0.106. The predicted molar refractivity (Wildman–Crippen MR) is 175 cm³/mol. The first-order valence-corrected chi connectivity index (χ1v) is 15.3. The van der Waals surface area contributed by atoms with Gasteiger partial charge in [-0.25, -0.2) is 0 Å². The first kappa shape index (κ1) is 30.3. The van der Waals surface area contributed by atoms with Crippen LogP contribution in [0.5, 0.6) is 11.5 Å². The number of thioether (sulfide) groups is 1. The number of amidine groups is 1. The van der Waals surface area contributed by atoms with E-state index in [4.69, 9.17) is 9.15 Å². The molecule has 2 heterocycles. The number of benzene rings is 3. The summed E-state index contributed by atoms with van der Waals surface area (Å²) in [7, 11) is 0. The minimum absolute atomic E-state index is 0.0134. The number of phenolic OH excluding ortho intramolecular Hbond substituents is 1. The summed E-state index contributed by atoms with van der Waals surface area (Å²) in [6, 6.07) is 21.5. The molecule has 1 aliphatic rings. The normalized spacial score (nSPS) is 15.1. The molecule has 0 aliphatic carbocycles. The second-order valence-electron chi connectivity index (χ2n) is 9.27. The van der Waals surface area contributed by atoms with Crippen molar-refractivity contribution in [2.24, 2.45) is 10.2 Å². The molecule has 3 aromatic carbocycles. The van der Waals surface area contributed by atoms with Gasteiger partial charge in [-0.2, -0.15) is 5.10 Å². The summed E-state index contributed by atoms with van der Waals surface area (Å²) >= 11 is 7.83. The molecule has 0 unspecified atom stereocenters. The van der Waals surface area contributed by atoms with Crippen molar-refractivity contribution in [2.45, 2.75) is 13.5 Å². The van der Waals surface area contributed by atoms with Crippen molar-refractivity contribution in [3.8, 4) is 11.5 Å². The third-order valence-electron chi connectivity index (χ3n) is 6.08. The van der Waals surface area contributed by atoms with Crippen LogP contribution in [0.15, 0.2) is 108 Å². The average Bonchev–Trinajstić information content (AvgIpc) is 3.60. The van der Waals surface area contributed by atoms with Gasteiger partial charge in [-0.05, 0) is 83.2 Å². The second kappa shape index (κ2) is 13.9. The van der Waals surface area contributed by atoms with E-state index in [9.17, 15) is 14.7 Å². The summed E-state index contributed by atoms with van der Waals surface area (Å²) in [5, 5.41) is 21.9. The van der Waals surface area contributed by atoms with E-state index in [2.05, 4.69) is 47.4 Å². The van der Waals surface area contributed by atoms with Crippen molar-refractivity contribution in [1.82, 2.24) is 4.90 Å². The Morgan fingerprint density at radius 1 is 1.09 bits per heavy atom. The number of halogens is 2. The van der Waals surface area contributed by atoms with Crippen molar-refractivity contribution >= 4 is 78.6 Å². The van der Waals surface area contributed by atoms with Crippen LogP contribution in [0.1, 0.15) is 22.5 Å². The Labute approximate surface area is 268 Å². The lowest BCUT2D eigenvalue weighted by Crippen LogP contribution is -2.28. The number of para-hydroxylation sites is 1. The predicted octanol–water partition coefficient (Wildman–Crippen LogP) is 7.34. The third-order valence-corrected chi connectivity index (χ3v) is 8.14. The van der Waals surface area contributed by atoms with Crippen molar-refractivity contribution in [1.29, 1.82) is 0 Å². The van der Waals surface area contributed by atoms with Crippen molar-refractivity contribution < 1.29 is 23.8 Å². The van der Waals surface area contributed by atoms with E-state index < -0.39 is 0 Å². The average molecular weight is 724 g/mol. The summed E-state index contributed by atoms with van der Waals surface area (Å²) in [5.41, 5.74) is 2.82. The maximum absolute atomic E-state index is 13.5. The molecule has 218 valence electrons. The first-order chi connectivity index (χ1) is 20.8. The molecule has 1 aliphatic heterocycles. The fourth-order valence-electron chi connectivity index (χ4n) is 3.95. The Hall–Kier alpha value is -4.13. The molecule has 0 spiro atoms. The zero-order valence-electron chi connectivity index (χ0n) is 22.7. The van der Waals surface area contributed by atoms with E-state index in [1.165, 1.54) is 17.4 Å². The highest BCUT2D eigenvalue weighted by atomic mass is 79.9. The largest absolute Gasteiger partial charge is 0.506 e. The summed E-state index contributed by atoms with van der Waals surface area (Å²) in [5.74, 6) is 0.427. The van der Waals surface area contributed by atoms with Crippen LogP contribution in [0, 0.1) is 6.92 Å². The molecule has 2 amide bonds. The highest BCUT2D eigenvalue weighted by Crippen LogP contribution is 2.36. The number of carbonyl (C=O) groups excluding carboxylic acids is 2. The summed E-state index contributed by atoms with van der Waals surface area (Å²) in [4.78, 5) is 27.9. The standard InChI is InChI=1S/C31H24Br2N4O5S/c1-19-8-10-23(11-9-19)35-28(38)18-42-26-7-3-2-5-20(26)14-27-30(40)37(17-24-6-4-12-41-24)31(43-27)36-34-16-21-13-22(32)15-25(33)29(21)39/h2-16,39H,17-18H2,1H3,(H,35,38)/b27-14-,34-16+,36-31-. The molecule has 12 heteroatoms. The summed E-state index contributed by atoms with van der Waals surface area (Å²) < 4.78 is 12.5. The number of amides is 2. The van der Waals surface area contributed by atoms with Gasteiger partial charge in [0.15, 0.2) is 11.8 Å². The van der Waals surface area contributed by atoms with E-state index in [1.54, 1.807) is 48.5 Å². The van der Waals surface area contributed by atoms with Crippen LogP contribution in [0.25, 0.3) is 6.08 Å². The number of rotatable bonds is 9. The number of phenols is 1.